The number of nitrogens with zero attached hydrogens (tertiary/aromatic N) is 2. The lowest BCUT2D eigenvalue weighted by molar-refractivity contribution is 0.0774. The minimum atomic E-state index is -0.374. The second-order valence-electron chi connectivity index (χ2n) is 3.77. The molecule has 0 aromatic carbocycles. The molecule has 0 bridgehead atoms. The van der Waals surface area contributed by atoms with E-state index in [4.69, 9.17) is 51.1 Å². The van der Waals surface area contributed by atoms with Gasteiger partial charge in [-0.3, -0.25) is 4.79 Å². The highest BCUT2D eigenvalue weighted by Crippen LogP contribution is 2.36. The molecule has 0 fully saturated rings. The van der Waals surface area contributed by atoms with Crippen molar-refractivity contribution >= 4 is 52.3 Å². The molecule has 0 aliphatic carbocycles. The van der Waals surface area contributed by atoms with Gasteiger partial charge in [0.2, 0.25) is 0 Å². The first kappa shape index (κ1) is 16.8. The van der Waals surface area contributed by atoms with Crippen molar-refractivity contribution in [2.24, 2.45) is 0 Å². The van der Waals surface area contributed by atoms with Gasteiger partial charge in [0.25, 0.3) is 5.91 Å². The summed E-state index contributed by atoms with van der Waals surface area (Å²) in [6.07, 6.45) is 0.700. The van der Waals surface area contributed by atoms with Crippen molar-refractivity contribution in [2.45, 2.75) is 6.42 Å². The molecule has 0 aliphatic heterocycles. The Balaban J connectivity index is 2.94. The average molecular weight is 346 g/mol. The lowest BCUT2D eigenvalue weighted by Gasteiger charge is -2.17. The van der Waals surface area contributed by atoms with Crippen molar-refractivity contribution in [2.75, 3.05) is 27.3 Å². The molecule has 0 unspecified atom stereocenters. The number of halogens is 4. The molecule has 8 heteroatoms. The quantitative estimate of drug-likeness (QED) is 0.602. The maximum absolute atomic E-state index is 12.2. The maximum atomic E-state index is 12.2. The van der Waals surface area contributed by atoms with Crippen LogP contribution in [-0.4, -0.2) is 43.1 Å². The summed E-state index contributed by atoms with van der Waals surface area (Å²) in [5.74, 6) is -0.374. The van der Waals surface area contributed by atoms with E-state index in [0.717, 1.165) is 0 Å². The van der Waals surface area contributed by atoms with Crippen LogP contribution in [0, 0.1) is 0 Å². The number of hydrogen-bond donors (Lipinski definition) is 0. The number of pyridine rings is 1. The van der Waals surface area contributed by atoms with E-state index in [-0.39, 0.29) is 31.8 Å². The largest absolute Gasteiger partial charge is 0.385 e. The zero-order valence-electron chi connectivity index (χ0n) is 10.3. The predicted molar refractivity (Wildman–Crippen MR) is 77.7 cm³/mol. The van der Waals surface area contributed by atoms with E-state index in [1.54, 1.807) is 14.2 Å². The third kappa shape index (κ3) is 4.10. The van der Waals surface area contributed by atoms with E-state index in [9.17, 15) is 4.79 Å². The summed E-state index contributed by atoms with van der Waals surface area (Å²) in [6.45, 7) is 1.06. The number of aromatic nitrogens is 1. The normalized spacial score (nSPS) is 10.6. The number of carbonyl (C=O) groups excluding carboxylic acids is 1. The number of amides is 1. The second kappa shape index (κ2) is 7.50. The fraction of sp³-hybridized carbons (Fsp3) is 0.455. The van der Waals surface area contributed by atoms with Crippen molar-refractivity contribution in [3.8, 4) is 0 Å². The molecular formula is C11H12Cl4N2O2. The summed E-state index contributed by atoms with van der Waals surface area (Å²) in [4.78, 5) is 17.5. The molecular weight excluding hydrogens is 334 g/mol. The van der Waals surface area contributed by atoms with Gasteiger partial charge in [0, 0.05) is 27.3 Å². The highest BCUT2D eigenvalue weighted by Gasteiger charge is 2.22. The van der Waals surface area contributed by atoms with Gasteiger partial charge in [-0.15, -0.1) is 0 Å². The van der Waals surface area contributed by atoms with Gasteiger partial charge >= 0.3 is 0 Å². The van der Waals surface area contributed by atoms with Crippen LogP contribution in [0.3, 0.4) is 0 Å². The average Bonchev–Trinajstić information content (AvgIpc) is 2.39. The number of methoxy groups -OCH3 is 1. The minimum Gasteiger partial charge on any atom is -0.385 e. The molecule has 0 N–H and O–H groups in total. The molecule has 4 nitrogen and oxygen atoms in total. The van der Waals surface area contributed by atoms with Gasteiger partial charge in [-0.25, -0.2) is 4.98 Å². The molecule has 0 saturated heterocycles. The Kier molecular flexibility index (Phi) is 6.63. The fourth-order valence-corrected chi connectivity index (χ4v) is 2.17. The first-order valence-electron chi connectivity index (χ1n) is 5.34. The number of rotatable bonds is 5. The maximum Gasteiger partial charge on any atom is 0.273 e. The summed E-state index contributed by atoms with van der Waals surface area (Å²) < 4.78 is 4.92. The lowest BCUT2D eigenvalue weighted by Crippen LogP contribution is -2.29. The Morgan fingerprint density at radius 3 is 2.42 bits per heavy atom. The molecule has 1 aromatic rings. The van der Waals surface area contributed by atoms with Crippen LogP contribution >= 0.6 is 46.4 Å². The molecule has 0 atom stereocenters. The van der Waals surface area contributed by atoms with Crippen LogP contribution in [0.1, 0.15) is 16.9 Å². The Morgan fingerprint density at radius 1 is 1.21 bits per heavy atom. The van der Waals surface area contributed by atoms with Crippen LogP contribution < -0.4 is 0 Å². The van der Waals surface area contributed by atoms with Gasteiger partial charge in [-0.2, -0.15) is 0 Å². The van der Waals surface area contributed by atoms with Crippen LogP contribution in [0.15, 0.2) is 0 Å². The molecule has 19 heavy (non-hydrogen) atoms. The van der Waals surface area contributed by atoms with Crippen molar-refractivity contribution < 1.29 is 9.53 Å². The number of ether oxygens (including phenoxy) is 1. The zero-order chi connectivity index (χ0) is 14.6. The van der Waals surface area contributed by atoms with Gasteiger partial charge in [0.1, 0.15) is 10.8 Å². The minimum absolute atomic E-state index is 0.000316. The molecule has 1 aromatic heterocycles. The van der Waals surface area contributed by atoms with Gasteiger partial charge in [0.15, 0.2) is 0 Å². The van der Waals surface area contributed by atoms with Crippen LogP contribution in [0.2, 0.25) is 20.2 Å². The third-order valence-electron chi connectivity index (χ3n) is 2.38. The summed E-state index contributed by atoms with van der Waals surface area (Å²) in [6, 6.07) is 0. The Labute approximate surface area is 131 Å². The Hall–Kier alpha value is -0.260. The molecule has 1 amide bonds. The smallest absolute Gasteiger partial charge is 0.273 e. The van der Waals surface area contributed by atoms with Crippen LogP contribution in [0.25, 0.3) is 0 Å². The monoisotopic (exact) mass is 344 g/mol. The highest BCUT2D eigenvalue weighted by atomic mass is 35.5. The SMILES string of the molecule is COCCCN(C)C(=O)c1nc(Cl)c(Cl)c(Cl)c1Cl. The highest BCUT2D eigenvalue weighted by molar-refractivity contribution is 6.52. The van der Waals surface area contributed by atoms with Crippen molar-refractivity contribution in [3.05, 3.63) is 25.9 Å². The van der Waals surface area contributed by atoms with E-state index in [1.807, 2.05) is 0 Å². The third-order valence-corrected chi connectivity index (χ3v) is 4.05. The van der Waals surface area contributed by atoms with E-state index in [0.29, 0.717) is 19.6 Å². The van der Waals surface area contributed by atoms with Gasteiger partial charge in [-0.1, -0.05) is 46.4 Å². The van der Waals surface area contributed by atoms with E-state index >= 15 is 0 Å². The van der Waals surface area contributed by atoms with Gasteiger partial charge in [-0.05, 0) is 6.42 Å². The molecule has 0 saturated carbocycles. The summed E-state index contributed by atoms with van der Waals surface area (Å²) in [5, 5.41) is 0.00765. The Morgan fingerprint density at radius 2 is 1.84 bits per heavy atom. The van der Waals surface area contributed by atoms with Gasteiger partial charge in [0.05, 0.1) is 15.1 Å². The first-order chi connectivity index (χ1) is 8.90. The van der Waals surface area contributed by atoms with E-state index in [1.165, 1.54) is 4.90 Å². The second-order valence-corrected chi connectivity index (χ2v) is 5.26. The first-order valence-corrected chi connectivity index (χ1v) is 6.85. The topological polar surface area (TPSA) is 42.4 Å². The standard InChI is InChI=1S/C11H12Cl4N2O2/c1-17(4-3-5-19-2)11(18)9-7(13)6(12)8(14)10(15)16-9/h3-5H2,1-2H3. The van der Waals surface area contributed by atoms with Crippen molar-refractivity contribution in [1.82, 2.24) is 9.88 Å². The van der Waals surface area contributed by atoms with Crippen LogP contribution in [0.5, 0.6) is 0 Å². The molecule has 1 heterocycles. The molecule has 106 valence electrons. The van der Waals surface area contributed by atoms with Crippen molar-refractivity contribution in [3.63, 3.8) is 0 Å². The number of carbonyl (C=O) groups is 1. The van der Waals surface area contributed by atoms with Crippen LogP contribution in [0.4, 0.5) is 0 Å². The fourth-order valence-electron chi connectivity index (χ4n) is 1.36. The molecule has 1 rings (SSSR count). The Bertz CT molecular complexity index is 482. The van der Waals surface area contributed by atoms with Crippen molar-refractivity contribution in [1.29, 1.82) is 0 Å². The summed E-state index contributed by atoms with van der Waals surface area (Å²) >= 11 is 23.4. The predicted octanol–water partition coefficient (Wildman–Crippen LogP) is 3.80. The summed E-state index contributed by atoms with van der Waals surface area (Å²) in [7, 11) is 3.23. The molecule has 0 aliphatic rings. The number of hydrogen-bond acceptors (Lipinski definition) is 3. The summed E-state index contributed by atoms with van der Waals surface area (Å²) in [5.41, 5.74) is -0.0130. The van der Waals surface area contributed by atoms with E-state index < -0.39 is 0 Å². The lowest BCUT2D eigenvalue weighted by atomic mass is 10.3. The molecule has 0 radical (unpaired) electrons. The van der Waals surface area contributed by atoms with E-state index in [2.05, 4.69) is 4.98 Å². The van der Waals surface area contributed by atoms with Gasteiger partial charge < -0.3 is 9.64 Å². The van der Waals surface area contributed by atoms with Crippen LogP contribution in [-0.2, 0) is 4.74 Å². The molecule has 0 spiro atoms. The zero-order valence-corrected chi connectivity index (χ0v) is 13.4.